The summed E-state index contributed by atoms with van der Waals surface area (Å²) in [5, 5.41) is 3.04. The first-order chi connectivity index (χ1) is 13.2. The van der Waals surface area contributed by atoms with Crippen LogP contribution in [-0.4, -0.2) is 10.9 Å². The van der Waals surface area contributed by atoms with Gasteiger partial charge in [0, 0.05) is 12.1 Å². The van der Waals surface area contributed by atoms with Crippen molar-refractivity contribution in [2.75, 3.05) is 5.32 Å². The number of aryl methyl sites for hydroxylation is 1. The Kier molecular flexibility index (Phi) is 4.71. The molecule has 0 unspecified atom stereocenters. The summed E-state index contributed by atoms with van der Waals surface area (Å²) < 4.78 is 5.64. The van der Waals surface area contributed by atoms with Gasteiger partial charge in [-0.05, 0) is 29.3 Å². The van der Waals surface area contributed by atoms with Gasteiger partial charge in [0.2, 0.25) is 5.91 Å². The summed E-state index contributed by atoms with van der Waals surface area (Å²) in [7, 11) is 0. The number of amides is 1. The van der Waals surface area contributed by atoms with Crippen molar-refractivity contribution in [1.29, 1.82) is 0 Å². The van der Waals surface area contributed by atoms with Gasteiger partial charge in [0.25, 0.3) is 0 Å². The van der Waals surface area contributed by atoms with Crippen molar-refractivity contribution in [2.45, 2.75) is 19.3 Å². The Morgan fingerprint density at radius 2 is 1.59 bits per heavy atom. The third kappa shape index (κ3) is 3.60. The number of carbonyl (C=O) groups is 1. The number of benzene rings is 3. The lowest BCUT2D eigenvalue weighted by Gasteiger charge is -2.18. The molecule has 0 spiro atoms. The molecule has 0 aliphatic rings. The highest BCUT2D eigenvalue weighted by Gasteiger charge is 2.22. The molecule has 0 atom stereocenters. The molecule has 1 heterocycles. The minimum atomic E-state index is -0.383. The molecule has 1 N–H and O–H groups in total. The fourth-order valence-corrected chi connectivity index (χ4v) is 3.20. The summed E-state index contributed by atoms with van der Waals surface area (Å²) in [5.74, 6) is 0.234. The Balaban J connectivity index is 1.66. The van der Waals surface area contributed by atoms with Crippen LogP contribution in [0.3, 0.4) is 0 Å². The number of rotatable bonds is 5. The standard InChI is InChI=1S/C23H20N2O2/c1-2-21-25-19-15-18(13-14-20(19)27-21)24-23(26)22(16-9-5-3-6-10-16)17-11-7-4-8-12-17/h3-15,22H,2H2,1H3,(H,24,26). The number of fused-ring (bicyclic) bond motifs is 1. The van der Waals surface area contributed by atoms with Gasteiger partial charge in [0.1, 0.15) is 5.52 Å². The number of aromatic nitrogens is 1. The Hall–Kier alpha value is -3.40. The van der Waals surface area contributed by atoms with Crippen molar-refractivity contribution < 1.29 is 9.21 Å². The van der Waals surface area contributed by atoms with Gasteiger partial charge in [0.05, 0.1) is 5.92 Å². The average Bonchev–Trinajstić information content (AvgIpc) is 3.12. The molecule has 1 aromatic heterocycles. The highest BCUT2D eigenvalue weighted by Crippen LogP contribution is 2.27. The number of nitrogens with one attached hydrogen (secondary N) is 1. The molecular weight excluding hydrogens is 336 g/mol. The molecule has 27 heavy (non-hydrogen) atoms. The Bertz CT molecular complexity index is 1020. The topological polar surface area (TPSA) is 55.1 Å². The quantitative estimate of drug-likeness (QED) is 0.537. The van der Waals surface area contributed by atoms with Gasteiger partial charge in [-0.3, -0.25) is 4.79 Å². The van der Waals surface area contributed by atoms with E-state index in [9.17, 15) is 4.79 Å². The largest absolute Gasteiger partial charge is 0.441 e. The first-order valence-corrected chi connectivity index (χ1v) is 9.05. The van der Waals surface area contributed by atoms with Crippen molar-refractivity contribution >= 4 is 22.7 Å². The highest BCUT2D eigenvalue weighted by molar-refractivity contribution is 5.99. The first kappa shape index (κ1) is 17.0. The van der Waals surface area contributed by atoms with Crippen molar-refractivity contribution in [3.8, 4) is 0 Å². The van der Waals surface area contributed by atoms with Gasteiger partial charge in [0.15, 0.2) is 11.5 Å². The van der Waals surface area contributed by atoms with Crippen molar-refractivity contribution in [2.24, 2.45) is 0 Å². The summed E-state index contributed by atoms with van der Waals surface area (Å²) in [6, 6.07) is 25.2. The summed E-state index contributed by atoms with van der Waals surface area (Å²) >= 11 is 0. The summed E-state index contributed by atoms with van der Waals surface area (Å²) in [6.07, 6.45) is 0.737. The molecule has 4 aromatic rings. The zero-order valence-electron chi connectivity index (χ0n) is 15.1. The zero-order chi connectivity index (χ0) is 18.6. The smallest absolute Gasteiger partial charge is 0.236 e. The molecule has 0 radical (unpaired) electrons. The second kappa shape index (κ2) is 7.46. The average molecular weight is 356 g/mol. The molecule has 4 heteroatoms. The van der Waals surface area contributed by atoms with E-state index < -0.39 is 0 Å². The maximum atomic E-state index is 13.2. The molecule has 0 fully saturated rings. The van der Waals surface area contributed by atoms with E-state index in [4.69, 9.17) is 4.42 Å². The van der Waals surface area contributed by atoms with Crippen LogP contribution in [0.1, 0.15) is 29.9 Å². The number of hydrogen-bond donors (Lipinski definition) is 1. The minimum absolute atomic E-state index is 0.0778. The van der Waals surface area contributed by atoms with E-state index in [0.29, 0.717) is 11.6 Å². The number of oxazole rings is 1. The second-order valence-electron chi connectivity index (χ2n) is 6.39. The fraction of sp³-hybridized carbons (Fsp3) is 0.130. The van der Waals surface area contributed by atoms with Crippen LogP contribution in [0.15, 0.2) is 83.3 Å². The molecule has 0 aliphatic heterocycles. The van der Waals surface area contributed by atoms with Crippen LogP contribution in [0.4, 0.5) is 5.69 Å². The zero-order valence-corrected chi connectivity index (χ0v) is 15.1. The number of nitrogens with zero attached hydrogens (tertiary/aromatic N) is 1. The van der Waals surface area contributed by atoms with E-state index in [-0.39, 0.29) is 11.8 Å². The molecule has 1 amide bonds. The van der Waals surface area contributed by atoms with Crippen molar-refractivity contribution in [3.63, 3.8) is 0 Å². The summed E-state index contributed by atoms with van der Waals surface area (Å²) in [4.78, 5) is 17.6. The molecule has 0 saturated carbocycles. The molecule has 4 rings (SSSR count). The number of hydrogen-bond acceptors (Lipinski definition) is 3. The molecule has 134 valence electrons. The monoisotopic (exact) mass is 356 g/mol. The fourth-order valence-electron chi connectivity index (χ4n) is 3.20. The molecule has 3 aromatic carbocycles. The van der Waals surface area contributed by atoms with Crippen LogP contribution in [0.2, 0.25) is 0 Å². The minimum Gasteiger partial charge on any atom is -0.441 e. The Morgan fingerprint density at radius 1 is 0.963 bits per heavy atom. The lowest BCUT2D eigenvalue weighted by molar-refractivity contribution is -0.116. The summed E-state index contributed by atoms with van der Waals surface area (Å²) in [5.41, 5.74) is 4.10. The molecule has 4 nitrogen and oxygen atoms in total. The van der Waals surface area contributed by atoms with E-state index >= 15 is 0 Å². The van der Waals surface area contributed by atoms with Crippen LogP contribution in [0, 0.1) is 0 Å². The Labute approximate surface area is 157 Å². The van der Waals surface area contributed by atoms with Crippen LogP contribution in [-0.2, 0) is 11.2 Å². The van der Waals surface area contributed by atoms with Crippen LogP contribution >= 0.6 is 0 Å². The SMILES string of the molecule is CCc1nc2cc(NC(=O)C(c3ccccc3)c3ccccc3)ccc2o1. The van der Waals surface area contributed by atoms with Crippen molar-refractivity contribution in [1.82, 2.24) is 4.98 Å². The van der Waals surface area contributed by atoms with E-state index in [1.165, 1.54) is 0 Å². The third-order valence-electron chi connectivity index (χ3n) is 4.53. The van der Waals surface area contributed by atoms with Gasteiger partial charge < -0.3 is 9.73 Å². The van der Waals surface area contributed by atoms with E-state index in [1.54, 1.807) is 0 Å². The van der Waals surface area contributed by atoms with E-state index in [2.05, 4.69) is 10.3 Å². The molecule has 0 saturated heterocycles. The number of carbonyl (C=O) groups excluding carboxylic acids is 1. The van der Waals surface area contributed by atoms with Gasteiger partial charge in [-0.25, -0.2) is 4.98 Å². The lowest BCUT2D eigenvalue weighted by Crippen LogP contribution is -2.22. The highest BCUT2D eigenvalue weighted by atomic mass is 16.3. The van der Waals surface area contributed by atoms with E-state index in [1.807, 2.05) is 85.8 Å². The summed E-state index contributed by atoms with van der Waals surface area (Å²) in [6.45, 7) is 2.00. The maximum absolute atomic E-state index is 13.2. The maximum Gasteiger partial charge on any atom is 0.236 e. The predicted octanol–water partition coefficient (Wildman–Crippen LogP) is 5.16. The first-order valence-electron chi connectivity index (χ1n) is 9.05. The van der Waals surface area contributed by atoms with E-state index in [0.717, 1.165) is 28.6 Å². The van der Waals surface area contributed by atoms with Gasteiger partial charge >= 0.3 is 0 Å². The van der Waals surface area contributed by atoms with Crippen LogP contribution < -0.4 is 5.32 Å². The number of anilines is 1. The van der Waals surface area contributed by atoms with Crippen molar-refractivity contribution in [3.05, 3.63) is 95.9 Å². The van der Waals surface area contributed by atoms with Gasteiger partial charge in [-0.15, -0.1) is 0 Å². The molecule has 0 aliphatic carbocycles. The van der Waals surface area contributed by atoms with Crippen LogP contribution in [0.5, 0.6) is 0 Å². The second-order valence-corrected chi connectivity index (χ2v) is 6.39. The van der Waals surface area contributed by atoms with Crippen LogP contribution in [0.25, 0.3) is 11.1 Å². The van der Waals surface area contributed by atoms with Gasteiger partial charge in [-0.1, -0.05) is 67.6 Å². The van der Waals surface area contributed by atoms with Gasteiger partial charge in [-0.2, -0.15) is 0 Å². The molecule has 0 bridgehead atoms. The Morgan fingerprint density at radius 3 is 2.19 bits per heavy atom. The third-order valence-corrected chi connectivity index (χ3v) is 4.53. The molecular formula is C23H20N2O2. The predicted molar refractivity (Wildman–Crippen MR) is 107 cm³/mol. The lowest BCUT2D eigenvalue weighted by atomic mass is 9.90. The normalized spacial score (nSPS) is 11.0.